The first-order chi connectivity index (χ1) is 38.9. The maximum atomic E-state index is 13.6. The number of nitrogens with one attached hydrogen (secondary N) is 1. The van der Waals surface area contributed by atoms with Crippen molar-refractivity contribution in [1.82, 2.24) is 5.32 Å². The molecule has 3 unspecified atom stereocenters. The predicted octanol–water partition coefficient (Wildman–Crippen LogP) is 20.5. The third kappa shape index (κ3) is 59.3. The highest BCUT2D eigenvalue weighted by molar-refractivity contribution is 7.47. The van der Waals surface area contributed by atoms with E-state index >= 15 is 0 Å². The number of likely N-dealkylation sites (N-methyl/N-ethyl adjacent to an activating group) is 1. The fourth-order valence-electron chi connectivity index (χ4n) is 8.91. The van der Waals surface area contributed by atoms with E-state index in [0.29, 0.717) is 23.9 Å². The van der Waals surface area contributed by atoms with Crippen LogP contribution >= 0.6 is 7.82 Å². The Bertz CT molecular complexity index is 1740. The Hall–Kier alpha value is -3.33. The van der Waals surface area contributed by atoms with Crippen LogP contribution < -0.4 is 5.32 Å². The Morgan fingerprint density at radius 1 is 0.450 bits per heavy atom. The molecule has 0 aliphatic carbocycles. The summed E-state index contributed by atoms with van der Waals surface area (Å²) in [5.41, 5.74) is 0. The van der Waals surface area contributed by atoms with Gasteiger partial charge in [0.1, 0.15) is 19.3 Å². The molecule has 3 atom stereocenters. The highest BCUT2D eigenvalue weighted by atomic mass is 31.2. The maximum Gasteiger partial charge on any atom is 0.472 e. The number of hydrogen-bond acceptors (Lipinski definition) is 6. The van der Waals surface area contributed by atoms with Crippen LogP contribution in [-0.4, -0.2) is 74.3 Å². The van der Waals surface area contributed by atoms with Gasteiger partial charge in [-0.2, -0.15) is 0 Å². The van der Waals surface area contributed by atoms with Gasteiger partial charge in [0.15, 0.2) is 0 Å². The van der Waals surface area contributed by atoms with E-state index in [0.717, 1.165) is 116 Å². The molecule has 0 aliphatic rings. The fourth-order valence-corrected chi connectivity index (χ4v) is 9.65. The summed E-state index contributed by atoms with van der Waals surface area (Å²) in [5.74, 6) is -0.550. The van der Waals surface area contributed by atoms with Crippen LogP contribution in [0.4, 0.5) is 0 Å². The van der Waals surface area contributed by atoms with Crippen molar-refractivity contribution in [2.24, 2.45) is 0 Å². The lowest BCUT2D eigenvalue weighted by molar-refractivity contribution is -0.870. The predicted molar refractivity (Wildman–Crippen MR) is 346 cm³/mol. The second kappa shape index (κ2) is 58.9. The molecular formula is C70H124N2O7P+. The number of esters is 1. The standard InChI is InChI=1S/C70H123N2O7P/c1-7-10-13-16-19-22-25-28-30-32-34-35-36-37-39-40-42-44-47-50-53-56-59-62-69(73)71-67(66-78-80(75,76)77-65-64-72(4,5)6)68(61-58-55-52-49-46-27-24-21-18-15-12-9-3)79-70(74)63-60-57-54-51-48-45-43-41-38-33-31-29-26-23-20-17-14-11-8-2/h11,14,19-20,22-23,28-31,34-35,38,41,45,48,58,61,67-68H,7-10,12-13,15-18,21,24-27,32-33,36-37,39-40,42-44,46-47,49-57,59-60,62-66H2,1-6H3,(H-,71,73,75,76)/p+1/b14-11-,22-19-,23-20-,30-28-,31-29-,35-34-,41-38-,48-45-,61-58-. The summed E-state index contributed by atoms with van der Waals surface area (Å²) in [7, 11) is 1.46. The molecule has 1 amide bonds. The first-order valence-corrected chi connectivity index (χ1v) is 34.2. The summed E-state index contributed by atoms with van der Waals surface area (Å²) < 4.78 is 30.7. The van der Waals surface area contributed by atoms with Crippen molar-refractivity contribution in [3.63, 3.8) is 0 Å². The third-order valence-electron chi connectivity index (χ3n) is 13.9. The number of phosphoric acid groups is 1. The van der Waals surface area contributed by atoms with Gasteiger partial charge in [0.05, 0.1) is 33.8 Å². The summed E-state index contributed by atoms with van der Waals surface area (Å²) in [6.07, 6.45) is 80.9. The number of hydrogen-bond donors (Lipinski definition) is 2. The van der Waals surface area contributed by atoms with Gasteiger partial charge in [-0.05, 0) is 115 Å². The quantitative estimate of drug-likeness (QED) is 0.0205. The average molecular weight is 1140 g/mol. The Labute approximate surface area is 493 Å². The molecule has 80 heavy (non-hydrogen) atoms. The van der Waals surface area contributed by atoms with Crippen molar-refractivity contribution in [2.75, 3.05) is 40.9 Å². The molecule has 0 aromatic heterocycles. The zero-order valence-corrected chi connectivity index (χ0v) is 53.4. The minimum Gasteiger partial charge on any atom is -0.456 e. The van der Waals surface area contributed by atoms with Crippen LogP contribution in [0.2, 0.25) is 0 Å². The summed E-state index contributed by atoms with van der Waals surface area (Å²) in [6, 6.07) is -0.871. The maximum absolute atomic E-state index is 13.6. The number of allylic oxidation sites excluding steroid dienone is 17. The molecule has 0 saturated carbocycles. The van der Waals surface area contributed by atoms with Crippen LogP contribution in [0.1, 0.15) is 271 Å². The number of amides is 1. The Kier molecular flexibility index (Phi) is 56.4. The van der Waals surface area contributed by atoms with Gasteiger partial charge in [-0.25, -0.2) is 4.57 Å². The Morgan fingerprint density at radius 3 is 1.24 bits per heavy atom. The molecule has 0 bridgehead atoms. The van der Waals surface area contributed by atoms with Gasteiger partial charge in [-0.15, -0.1) is 0 Å². The summed E-state index contributed by atoms with van der Waals surface area (Å²) >= 11 is 0. The monoisotopic (exact) mass is 1140 g/mol. The second-order valence-electron chi connectivity index (χ2n) is 22.9. The lowest BCUT2D eigenvalue weighted by Crippen LogP contribution is -2.47. The van der Waals surface area contributed by atoms with E-state index in [1.54, 1.807) is 0 Å². The van der Waals surface area contributed by atoms with E-state index < -0.39 is 20.0 Å². The number of phosphoric ester groups is 1. The van der Waals surface area contributed by atoms with Gasteiger partial charge >= 0.3 is 13.8 Å². The number of rotatable bonds is 58. The van der Waals surface area contributed by atoms with Crippen LogP contribution in [0.3, 0.4) is 0 Å². The van der Waals surface area contributed by atoms with Gasteiger partial charge < -0.3 is 19.4 Å². The largest absolute Gasteiger partial charge is 0.472 e. The van der Waals surface area contributed by atoms with E-state index in [2.05, 4.69) is 123 Å². The van der Waals surface area contributed by atoms with Gasteiger partial charge in [-0.1, -0.05) is 252 Å². The minimum absolute atomic E-state index is 0.0287. The Morgan fingerprint density at radius 2 is 0.800 bits per heavy atom. The van der Waals surface area contributed by atoms with E-state index in [1.807, 2.05) is 33.3 Å². The number of carbonyl (C=O) groups is 2. The first-order valence-electron chi connectivity index (χ1n) is 32.7. The molecular weight excluding hydrogens is 1010 g/mol. The molecule has 0 rings (SSSR count). The molecule has 10 heteroatoms. The van der Waals surface area contributed by atoms with Gasteiger partial charge in [-0.3, -0.25) is 18.6 Å². The highest BCUT2D eigenvalue weighted by Gasteiger charge is 2.30. The van der Waals surface area contributed by atoms with E-state index in [1.165, 1.54) is 116 Å². The summed E-state index contributed by atoms with van der Waals surface area (Å²) in [4.78, 5) is 37.8. The average Bonchev–Trinajstić information content (AvgIpc) is 3.43. The first kappa shape index (κ1) is 76.7. The molecule has 0 saturated heterocycles. The van der Waals surface area contributed by atoms with Crippen molar-refractivity contribution in [3.8, 4) is 0 Å². The smallest absolute Gasteiger partial charge is 0.456 e. The van der Waals surface area contributed by atoms with E-state index in [9.17, 15) is 19.0 Å². The van der Waals surface area contributed by atoms with Crippen molar-refractivity contribution in [1.29, 1.82) is 0 Å². The normalized spacial score (nSPS) is 14.3. The van der Waals surface area contributed by atoms with Gasteiger partial charge in [0.25, 0.3) is 0 Å². The lowest BCUT2D eigenvalue weighted by Gasteiger charge is -2.27. The van der Waals surface area contributed by atoms with Crippen molar-refractivity contribution >= 4 is 19.7 Å². The van der Waals surface area contributed by atoms with Crippen molar-refractivity contribution in [2.45, 2.75) is 283 Å². The fraction of sp³-hybridized carbons (Fsp3) is 0.714. The summed E-state index contributed by atoms with van der Waals surface area (Å²) in [6.45, 7) is 6.84. The molecule has 9 nitrogen and oxygen atoms in total. The molecule has 0 aromatic carbocycles. The number of unbranched alkanes of at least 4 members (excludes halogenated alkanes) is 26. The summed E-state index contributed by atoms with van der Waals surface area (Å²) in [5, 5.41) is 3.05. The zero-order chi connectivity index (χ0) is 58.6. The third-order valence-corrected chi connectivity index (χ3v) is 14.9. The lowest BCUT2D eigenvalue weighted by atomic mass is 10.0. The van der Waals surface area contributed by atoms with Gasteiger partial charge in [0.2, 0.25) is 5.91 Å². The molecule has 0 spiro atoms. The number of ether oxygens (including phenoxy) is 1. The van der Waals surface area contributed by atoms with Crippen molar-refractivity contribution < 1.29 is 37.3 Å². The minimum atomic E-state index is -4.47. The molecule has 0 aromatic rings. The van der Waals surface area contributed by atoms with Crippen LogP contribution in [0, 0.1) is 0 Å². The molecule has 2 N–H and O–H groups in total. The zero-order valence-electron chi connectivity index (χ0n) is 52.5. The topological polar surface area (TPSA) is 111 Å². The van der Waals surface area contributed by atoms with Crippen LogP contribution in [0.15, 0.2) is 109 Å². The highest BCUT2D eigenvalue weighted by Crippen LogP contribution is 2.43. The van der Waals surface area contributed by atoms with E-state index in [4.69, 9.17) is 13.8 Å². The molecule has 0 heterocycles. The van der Waals surface area contributed by atoms with Crippen LogP contribution in [0.25, 0.3) is 0 Å². The molecule has 460 valence electrons. The molecule has 0 aliphatic heterocycles. The number of quaternary nitrogens is 1. The SMILES string of the molecule is CC/C=C\C/C=C\C/C=C\C/C=C\C/C=C\CCCCCC(=O)OC(/C=C\CCCCCCCCCCCC)C(COP(=O)(O)OCC[N+](C)(C)C)NC(=O)CCCCCCCCCCCC/C=C\C/C=C\C/C=C\CCCCC. The van der Waals surface area contributed by atoms with Gasteiger partial charge in [0, 0.05) is 12.8 Å². The van der Waals surface area contributed by atoms with Crippen molar-refractivity contribution in [3.05, 3.63) is 109 Å². The Balaban J connectivity index is 5.24. The molecule has 0 radical (unpaired) electrons. The van der Waals surface area contributed by atoms with Crippen LogP contribution in [-0.2, 0) is 27.9 Å². The second-order valence-corrected chi connectivity index (χ2v) is 24.4. The number of nitrogens with zero attached hydrogens (tertiary/aromatic N) is 1. The number of carbonyl (C=O) groups excluding carboxylic acids is 2. The molecule has 0 fully saturated rings. The van der Waals surface area contributed by atoms with E-state index in [-0.39, 0.29) is 31.5 Å². The van der Waals surface area contributed by atoms with Crippen LogP contribution in [0.5, 0.6) is 0 Å².